The predicted molar refractivity (Wildman–Crippen MR) is 156 cm³/mol. The molecule has 0 unspecified atom stereocenters. The molecule has 2 heterocycles. The SMILES string of the molecule is CCCN1C=CC(=C2C=CC(=NC(=O)c3ccc(N=c4ccn(CCC)c5ccccc45)cc3)C=C2)C=C1. The first-order valence-corrected chi connectivity index (χ1v) is 13.2. The summed E-state index contributed by atoms with van der Waals surface area (Å²) in [6, 6.07) is 17.7. The molecule has 2 aliphatic rings. The molecule has 0 N–H and O–H groups in total. The number of aliphatic imine (C=N–C) groups is 1. The highest BCUT2D eigenvalue weighted by Gasteiger charge is 2.09. The average Bonchev–Trinajstić information content (AvgIpc) is 2.96. The number of fused-ring (bicyclic) bond motifs is 1. The Kier molecular flexibility index (Phi) is 7.74. The van der Waals surface area contributed by atoms with Gasteiger partial charge in [-0.15, -0.1) is 0 Å². The second-order valence-electron chi connectivity index (χ2n) is 9.36. The fourth-order valence-corrected chi connectivity index (χ4v) is 4.59. The molecule has 2 aromatic carbocycles. The van der Waals surface area contributed by atoms with E-state index in [1.165, 1.54) is 5.52 Å². The first-order chi connectivity index (χ1) is 18.6. The summed E-state index contributed by atoms with van der Waals surface area (Å²) in [6.45, 7) is 6.33. The van der Waals surface area contributed by atoms with Gasteiger partial charge in [0, 0.05) is 42.6 Å². The third-order valence-corrected chi connectivity index (χ3v) is 6.53. The number of pyridine rings is 1. The van der Waals surface area contributed by atoms with Crippen LogP contribution in [0.2, 0.25) is 0 Å². The van der Waals surface area contributed by atoms with Gasteiger partial charge in [-0.3, -0.25) is 4.79 Å². The standard InChI is InChI=1S/C33H32N4O/c1-3-20-36-22-17-26(18-23-36)25-9-13-29(14-10-25)35-33(38)27-11-15-28(16-12-27)34-31-19-24-37(21-4-2)32-8-6-5-7-30(31)32/h5-19,22-24H,3-4,20-21H2,1-2H3. The average molecular weight is 501 g/mol. The Morgan fingerprint density at radius 2 is 1.45 bits per heavy atom. The number of aryl methyl sites for hydroxylation is 1. The molecular formula is C33H32N4O. The molecule has 1 aliphatic heterocycles. The van der Waals surface area contributed by atoms with E-state index in [0.29, 0.717) is 11.3 Å². The van der Waals surface area contributed by atoms with Gasteiger partial charge in [0.25, 0.3) is 5.91 Å². The number of nitrogens with zero attached hydrogens (tertiary/aromatic N) is 4. The third kappa shape index (κ3) is 5.73. The van der Waals surface area contributed by atoms with E-state index in [4.69, 9.17) is 4.99 Å². The Bertz CT molecular complexity index is 1560. The lowest BCUT2D eigenvalue weighted by molar-refractivity contribution is 0.100. The van der Waals surface area contributed by atoms with Crippen LogP contribution in [0, 0.1) is 0 Å². The third-order valence-electron chi connectivity index (χ3n) is 6.53. The van der Waals surface area contributed by atoms with Crippen molar-refractivity contribution in [2.45, 2.75) is 33.2 Å². The maximum absolute atomic E-state index is 12.8. The van der Waals surface area contributed by atoms with Crippen molar-refractivity contribution in [1.29, 1.82) is 0 Å². The maximum atomic E-state index is 12.8. The fourth-order valence-electron chi connectivity index (χ4n) is 4.59. The molecule has 1 amide bonds. The number of amides is 1. The first kappa shape index (κ1) is 25.2. The second-order valence-corrected chi connectivity index (χ2v) is 9.36. The van der Waals surface area contributed by atoms with Gasteiger partial charge in [-0.25, -0.2) is 9.98 Å². The van der Waals surface area contributed by atoms with Crippen LogP contribution in [-0.4, -0.2) is 27.6 Å². The van der Waals surface area contributed by atoms with Gasteiger partial charge >= 0.3 is 0 Å². The van der Waals surface area contributed by atoms with Crippen LogP contribution in [0.25, 0.3) is 10.9 Å². The molecule has 190 valence electrons. The van der Waals surface area contributed by atoms with Gasteiger partial charge in [-0.05, 0) is 84.7 Å². The summed E-state index contributed by atoms with van der Waals surface area (Å²) in [7, 11) is 0. The Labute approximate surface area is 223 Å². The molecule has 5 heteroatoms. The van der Waals surface area contributed by atoms with Crippen molar-refractivity contribution in [3.63, 3.8) is 0 Å². The highest BCUT2D eigenvalue weighted by Crippen LogP contribution is 2.20. The number of carbonyl (C=O) groups excluding carboxylic acids is 1. The number of hydrogen-bond acceptors (Lipinski definition) is 3. The zero-order valence-corrected chi connectivity index (χ0v) is 21.9. The molecular weight excluding hydrogens is 468 g/mol. The molecule has 1 aliphatic carbocycles. The van der Waals surface area contributed by atoms with Crippen molar-refractivity contribution >= 4 is 28.2 Å². The predicted octanol–water partition coefficient (Wildman–Crippen LogP) is 7.04. The van der Waals surface area contributed by atoms with Crippen LogP contribution in [-0.2, 0) is 6.54 Å². The Hall–Kier alpha value is -4.51. The molecule has 38 heavy (non-hydrogen) atoms. The summed E-state index contributed by atoms with van der Waals surface area (Å²) in [6.07, 6.45) is 20.5. The van der Waals surface area contributed by atoms with Crippen LogP contribution >= 0.6 is 0 Å². The van der Waals surface area contributed by atoms with Gasteiger partial charge in [0.15, 0.2) is 0 Å². The number of rotatable bonds is 6. The minimum atomic E-state index is -0.268. The van der Waals surface area contributed by atoms with Gasteiger partial charge in [0.05, 0.1) is 22.3 Å². The smallest absolute Gasteiger partial charge is 0.277 e. The molecule has 0 saturated carbocycles. The number of aromatic nitrogens is 1. The van der Waals surface area contributed by atoms with Crippen molar-refractivity contribution in [1.82, 2.24) is 9.47 Å². The lowest BCUT2D eigenvalue weighted by Gasteiger charge is -2.18. The van der Waals surface area contributed by atoms with E-state index in [1.807, 2.05) is 42.5 Å². The van der Waals surface area contributed by atoms with Gasteiger partial charge in [-0.1, -0.05) is 44.2 Å². The summed E-state index contributed by atoms with van der Waals surface area (Å²) in [4.78, 5) is 24.1. The van der Waals surface area contributed by atoms with Crippen molar-refractivity contribution in [2.24, 2.45) is 9.98 Å². The van der Waals surface area contributed by atoms with Gasteiger partial charge in [-0.2, -0.15) is 0 Å². The summed E-state index contributed by atoms with van der Waals surface area (Å²) in [5, 5.41) is 2.02. The van der Waals surface area contributed by atoms with E-state index in [1.54, 1.807) is 12.1 Å². The monoisotopic (exact) mass is 500 g/mol. The molecule has 0 fully saturated rings. The normalized spacial score (nSPS) is 15.2. The molecule has 0 atom stereocenters. The van der Waals surface area contributed by atoms with Crippen LogP contribution < -0.4 is 5.36 Å². The molecule has 5 rings (SSSR count). The van der Waals surface area contributed by atoms with E-state index in [2.05, 4.69) is 83.3 Å². The molecule has 1 aromatic heterocycles. The van der Waals surface area contributed by atoms with Crippen LogP contribution in [0.3, 0.4) is 0 Å². The quantitative estimate of drug-likeness (QED) is 0.364. The number of para-hydroxylation sites is 1. The van der Waals surface area contributed by atoms with Crippen LogP contribution in [0.5, 0.6) is 0 Å². The number of benzene rings is 2. The molecule has 0 radical (unpaired) electrons. The minimum Gasteiger partial charge on any atom is -0.354 e. The summed E-state index contributed by atoms with van der Waals surface area (Å²) < 4.78 is 2.26. The second kappa shape index (κ2) is 11.7. The van der Waals surface area contributed by atoms with Gasteiger partial charge in [0.2, 0.25) is 0 Å². The van der Waals surface area contributed by atoms with E-state index in [0.717, 1.165) is 53.5 Å². The van der Waals surface area contributed by atoms with Crippen LogP contribution in [0.4, 0.5) is 5.69 Å². The first-order valence-electron chi connectivity index (χ1n) is 13.2. The maximum Gasteiger partial charge on any atom is 0.277 e. The summed E-state index contributed by atoms with van der Waals surface area (Å²) >= 11 is 0. The highest BCUT2D eigenvalue weighted by molar-refractivity contribution is 6.13. The van der Waals surface area contributed by atoms with E-state index >= 15 is 0 Å². The van der Waals surface area contributed by atoms with E-state index in [-0.39, 0.29) is 5.91 Å². The fraction of sp³-hybridized carbons (Fsp3) is 0.182. The lowest BCUT2D eigenvalue weighted by atomic mass is 10.0. The van der Waals surface area contributed by atoms with Crippen LogP contribution in [0.1, 0.15) is 37.0 Å². The highest BCUT2D eigenvalue weighted by atomic mass is 16.1. The Morgan fingerprint density at radius 3 is 2.16 bits per heavy atom. The molecule has 5 nitrogen and oxygen atoms in total. The molecule has 0 bridgehead atoms. The van der Waals surface area contributed by atoms with Crippen molar-refractivity contribution in [3.8, 4) is 0 Å². The summed E-state index contributed by atoms with van der Waals surface area (Å²) in [5.74, 6) is -0.268. The molecule has 3 aromatic rings. The van der Waals surface area contributed by atoms with E-state index in [9.17, 15) is 4.79 Å². The van der Waals surface area contributed by atoms with Gasteiger partial charge < -0.3 is 9.47 Å². The topological polar surface area (TPSA) is 50.0 Å². The number of hydrogen-bond donors (Lipinski definition) is 0. The van der Waals surface area contributed by atoms with Crippen molar-refractivity contribution < 1.29 is 4.79 Å². The molecule has 0 spiro atoms. The van der Waals surface area contributed by atoms with Gasteiger partial charge in [0.1, 0.15) is 0 Å². The zero-order chi connectivity index (χ0) is 26.3. The zero-order valence-electron chi connectivity index (χ0n) is 21.9. The number of allylic oxidation sites excluding steroid dienone is 8. The van der Waals surface area contributed by atoms with E-state index < -0.39 is 0 Å². The van der Waals surface area contributed by atoms with Crippen molar-refractivity contribution in [3.05, 3.63) is 132 Å². The lowest BCUT2D eigenvalue weighted by Crippen LogP contribution is -2.12. The summed E-state index contributed by atoms with van der Waals surface area (Å²) in [5.41, 5.74) is 5.38. The number of carbonyl (C=O) groups is 1. The molecule has 0 saturated heterocycles. The Morgan fingerprint density at radius 1 is 0.763 bits per heavy atom. The minimum absolute atomic E-state index is 0.268. The van der Waals surface area contributed by atoms with Crippen molar-refractivity contribution in [2.75, 3.05) is 6.54 Å². The largest absolute Gasteiger partial charge is 0.354 e. The van der Waals surface area contributed by atoms with Crippen LogP contribution in [0.15, 0.2) is 131 Å². The Balaban J connectivity index is 1.31.